The summed E-state index contributed by atoms with van der Waals surface area (Å²) in [5, 5.41) is 12.5. The fourth-order valence-corrected chi connectivity index (χ4v) is 3.32. The van der Waals surface area contributed by atoms with Crippen molar-refractivity contribution >= 4 is 5.91 Å². The van der Waals surface area contributed by atoms with Crippen LogP contribution in [0.4, 0.5) is 8.78 Å². The molecular formula is C17H22F2N2O2. The van der Waals surface area contributed by atoms with Gasteiger partial charge in [-0.05, 0) is 25.0 Å². The predicted molar refractivity (Wildman–Crippen MR) is 81.5 cm³/mol. The Morgan fingerprint density at radius 1 is 1.26 bits per heavy atom. The Hall–Kier alpha value is -1.53. The molecule has 0 bridgehead atoms. The van der Waals surface area contributed by atoms with E-state index in [1.54, 1.807) is 0 Å². The number of carbonyl (C=O) groups excluding carboxylic acids is 1. The van der Waals surface area contributed by atoms with Crippen molar-refractivity contribution in [1.82, 2.24) is 10.2 Å². The molecule has 0 spiro atoms. The molecule has 3 rings (SSSR count). The van der Waals surface area contributed by atoms with Gasteiger partial charge in [0.15, 0.2) is 0 Å². The van der Waals surface area contributed by atoms with E-state index in [-0.39, 0.29) is 42.5 Å². The second-order valence-electron chi connectivity index (χ2n) is 6.58. The summed E-state index contributed by atoms with van der Waals surface area (Å²) in [6.45, 7) is 1.11. The lowest BCUT2D eigenvalue weighted by molar-refractivity contribution is -0.128. The maximum absolute atomic E-state index is 13.8. The molecule has 1 aromatic rings. The van der Waals surface area contributed by atoms with Crippen molar-refractivity contribution in [1.29, 1.82) is 0 Å². The molecule has 1 amide bonds. The van der Waals surface area contributed by atoms with Gasteiger partial charge in [0, 0.05) is 49.7 Å². The van der Waals surface area contributed by atoms with E-state index in [0.717, 1.165) is 19.3 Å². The van der Waals surface area contributed by atoms with Gasteiger partial charge in [0.05, 0.1) is 0 Å². The molecule has 1 heterocycles. The van der Waals surface area contributed by atoms with E-state index in [1.165, 1.54) is 18.2 Å². The monoisotopic (exact) mass is 324 g/mol. The van der Waals surface area contributed by atoms with Gasteiger partial charge < -0.3 is 10.4 Å². The molecule has 2 fully saturated rings. The highest BCUT2D eigenvalue weighted by Gasteiger charge is 2.36. The lowest BCUT2D eigenvalue weighted by Crippen LogP contribution is -2.45. The van der Waals surface area contributed by atoms with E-state index in [1.807, 2.05) is 4.90 Å². The minimum atomic E-state index is -0.562. The lowest BCUT2D eigenvalue weighted by Gasteiger charge is -2.27. The number of benzene rings is 1. The van der Waals surface area contributed by atoms with Gasteiger partial charge in [-0.25, -0.2) is 8.78 Å². The van der Waals surface area contributed by atoms with E-state index in [9.17, 15) is 18.7 Å². The van der Waals surface area contributed by atoms with Crippen LogP contribution in [-0.4, -0.2) is 41.7 Å². The summed E-state index contributed by atoms with van der Waals surface area (Å²) in [6.07, 6.45) is 2.93. The van der Waals surface area contributed by atoms with Crippen LogP contribution in [0.3, 0.4) is 0 Å². The van der Waals surface area contributed by atoms with Crippen molar-refractivity contribution in [3.63, 3.8) is 0 Å². The fourth-order valence-electron chi connectivity index (χ4n) is 3.32. The van der Waals surface area contributed by atoms with E-state index in [2.05, 4.69) is 5.32 Å². The average molecular weight is 324 g/mol. The van der Waals surface area contributed by atoms with Crippen molar-refractivity contribution in [2.24, 2.45) is 11.8 Å². The summed E-state index contributed by atoms with van der Waals surface area (Å²) in [6, 6.07) is 3.67. The van der Waals surface area contributed by atoms with Crippen molar-refractivity contribution in [3.05, 3.63) is 35.4 Å². The average Bonchev–Trinajstić information content (AvgIpc) is 2.83. The third-order valence-electron chi connectivity index (χ3n) is 5.00. The standard InChI is InChI=1S/C17H22F2N2O2/c18-14-5-2-6-15(19)13(14)8-21-7-12(10-22)16(9-21)20-17(23)11-3-1-4-11/h2,5-6,11-12,16,22H,1,3-4,7-10H2,(H,20,23)/t12-,16+/m0/s1. The Morgan fingerprint density at radius 3 is 2.52 bits per heavy atom. The van der Waals surface area contributed by atoms with Gasteiger partial charge in [0.2, 0.25) is 5.91 Å². The van der Waals surface area contributed by atoms with Crippen LogP contribution in [0.2, 0.25) is 0 Å². The first-order valence-corrected chi connectivity index (χ1v) is 8.15. The number of rotatable bonds is 5. The summed E-state index contributed by atoms with van der Waals surface area (Å²) in [7, 11) is 0. The zero-order valence-electron chi connectivity index (χ0n) is 13.0. The summed E-state index contributed by atoms with van der Waals surface area (Å²) in [5.74, 6) is -1.10. The Balaban J connectivity index is 1.63. The zero-order chi connectivity index (χ0) is 16.4. The van der Waals surface area contributed by atoms with E-state index in [0.29, 0.717) is 13.1 Å². The Kier molecular flexibility index (Phi) is 4.92. The SMILES string of the molecule is O=C(N[C@@H]1CN(Cc2c(F)cccc2F)C[C@H]1CO)C1CCC1. The van der Waals surface area contributed by atoms with Crippen LogP contribution in [-0.2, 0) is 11.3 Å². The first-order chi connectivity index (χ1) is 11.1. The number of carbonyl (C=O) groups is 1. The molecule has 2 N–H and O–H groups in total. The maximum Gasteiger partial charge on any atom is 0.223 e. The molecular weight excluding hydrogens is 302 g/mol. The number of aliphatic hydroxyl groups is 1. The van der Waals surface area contributed by atoms with Gasteiger partial charge >= 0.3 is 0 Å². The zero-order valence-corrected chi connectivity index (χ0v) is 13.0. The highest BCUT2D eigenvalue weighted by atomic mass is 19.1. The summed E-state index contributed by atoms with van der Waals surface area (Å²) in [5.41, 5.74) is 0.0372. The molecule has 126 valence electrons. The molecule has 1 saturated carbocycles. The van der Waals surface area contributed by atoms with Gasteiger partial charge in [-0.1, -0.05) is 12.5 Å². The van der Waals surface area contributed by atoms with E-state index in [4.69, 9.17) is 0 Å². The van der Waals surface area contributed by atoms with Crippen molar-refractivity contribution in [2.45, 2.75) is 31.8 Å². The molecule has 1 saturated heterocycles. The molecule has 1 aromatic carbocycles. The van der Waals surface area contributed by atoms with Crippen molar-refractivity contribution < 1.29 is 18.7 Å². The molecule has 23 heavy (non-hydrogen) atoms. The predicted octanol–water partition coefficient (Wildman–Crippen LogP) is 1.67. The number of hydrogen-bond donors (Lipinski definition) is 2. The first kappa shape index (κ1) is 16.3. The maximum atomic E-state index is 13.8. The molecule has 1 aliphatic heterocycles. The highest BCUT2D eigenvalue weighted by Crippen LogP contribution is 2.28. The third-order valence-corrected chi connectivity index (χ3v) is 5.00. The van der Waals surface area contributed by atoms with Crippen LogP contribution in [0.5, 0.6) is 0 Å². The second kappa shape index (κ2) is 6.93. The van der Waals surface area contributed by atoms with Crippen molar-refractivity contribution in [2.75, 3.05) is 19.7 Å². The van der Waals surface area contributed by atoms with Crippen LogP contribution < -0.4 is 5.32 Å². The Bertz CT molecular complexity index is 557. The molecule has 2 aliphatic rings. The number of likely N-dealkylation sites (tertiary alicyclic amines) is 1. The normalized spacial score (nSPS) is 25.3. The lowest BCUT2D eigenvalue weighted by atomic mass is 9.84. The molecule has 6 heteroatoms. The summed E-state index contributed by atoms with van der Waals surface area (Å²) in [4.78, 5) is 14.0. The minimum Gasteiger partial charge on any atom is -0.396 e. The Labute approximate surface area is 134 Å². The number of amides is 1. The minimum absolute atomic E-state index is 0.0372. The number of halogens is 2. The largest absolute Gasteiger partial charge is 0.396 e. The van der Waals surface area contributed by atoms with Crippen LogP contribution in [0.1, 0.15) is 24.8 Å². The highest BCUT2D eigenvalue weighted by molar-refractivity contribution is 5.79. The van der Waals surface area contributed by atoms with Crippen LogP contribution >= 0.6 is 0 Å². The van der Waals surface area contributed by atoms with Crippen LogP contribution in [0.15, 0.2) is 18.2 Å². The van der Waals surface area contributed by atoms with Crippen LogP contribution in [0.25, 0.3) is 0 Å². The molecule has 0 radical (unpaired) electrons. The van der Waals surface area contributed by atoms with Gasteiger partial charge in [-0.15, -0.1) is 0 Å². The molecule has 2 atom stereocenters. The third kappa shape index (κ3) is 3.53. The van der Waals surface area contributed by atoms with E-state index < -0.39 is 11.6 Å². The number of nitrogens with zero attached hydrogens (tertiary/aromatic N) is 1. The quantitative estimate of drug-likeness (QED) is 0.866. The van der Waals surface area contributed by atoms with Crippen molar-refractivity contribution in [3.8, 4) is 0 Å². The molecule has 0 unspecified atom stereocenters. The fraction of sp³-hybridized carbons (Fsp3) is 0.588. The summed E-state index contributed by atoms with van der Waals surface area (Å²) < 4.78 is 27.5. The number of nitrogens with one attached hydrogen (secondary N) is 1. The molecule has 0 aromatic heterocycles. The topological polar surface area (TPSA) is 52.6 Å². The van der Waals surface area contributed by atoms with Gasteiger partial charge in [-0.3, -0.25) is 9.69 Å². The van der Waals surface area contributed by atoms with E-state index >= 15 is 0 Å². The van der Waals surface area contributed by atoms with Gasteiger partial charge in [0.25, 0.3) is 0 Å². The number of aliphatic hydroxyl groups excluding tert-OH is 1. The Morgan fingerprint density at radius 2 is 1.96 bits per heavy atom. The molecule has 4 nitrogen and oxygen atoms in total. The van der Waals surface area contributed by atoms with Crippen LogP contribution in [0, 0.1) is 23.5 Å². The summed E-state index contributed by atoms with van der Waals surface area (Å²) >= 11 is 0. The second-order valence-corrected chi connectivity index (χ2v) is 6.58. The van der Waals surface area contributed by atoms with Gasteiger partial charge in [-0.2, -0.15) is 0 Å². The smallest absolute Gasteiger partial charge is 0.223 e. The number of hydrogen-bond acceptors (Lipinski definition) is 3. The van der Waals surface area contributed by atoms with Gasteiger partial charge in [0.1, 0.15) is 11.6 Å². The molecule has 1 aliphatic carbocycles. The first-order valence-electron chi connectivity index (χ1n) is 8.15.